The largest absolute Gasteiger partial charge is 0.433 e. The minimum atomic E-state index is -4.47. The average molecular weight is 385 g/mol. The summed E-state index contributed by atoms with van der Waals surface area (Å²) >= 11 is 1.39. The van der Waals surface area contributed by atoms with Crippen molar-refractivity contribution in [2.45, 2.75) is 6.18 Å². The third kappa shape index (κ3) is 4.70. The highest BCUT2D eigenvalue weighted by Crippen LogP contribution is 2.28. The number of rotatable bonds is 5. The summed E-state index contributed by atoms with van der Waals surface area (Å²) in [6.45, 7) is 3.65. The molecule has 1 aliphatic heterocycles. The van der Waals surface area contributed by atoms with Crippen molar-refractivity contribution in [1.82, 2.24) is 20.2 Å². The van der Waals surface area contributed by atoms with Crippen molar-refractivity contribution in [3.8, 4) is 0 Å². The summed E-state index contributed by atoms with van der Waals surface area (Å²) in [5, 5.41) is 4.72. The van der Waals surface area contributed by atoms with E-state index in [2.05, 4.69) is 20.2 Å². The summed E-state index contributed by atoms with van der Waals surface area (Å²) < 4.78 is 38.3. The van der Waals surface area contributed by atoms with Gasteiger partial charge in [0.25, 0.3) is 5.91 Å². The van der Waals surface area contributed by atoms with Gasteiger partial charge in [-0.25, -0.2) is 9.97 Å². The molecule has 1 amide bonds. The highest BCUT2D eigenvalue weighted by atomic mass is 32.1. The lowest BCUT2D eigenvalue weighted by atomic mass is 10.3. The zero-order valence-corrected chi connectivity index (χ0v) is 14.7. The Labute approximate surface area is 152 Å². The van der Waals surface area contributed by atoms with Gasteiger partial charge in [-0.15, -0.1) is 11.3 Å². The fourth-order valence-electron chi connectivity index (χ4n) is 2.65. The molecule has 1 aliphatic rings. The van der Waals surface area contributed by atoms with E-state index in [9.17, 15) is 18.0 Å². The summed E-state index contributed by atoms with van der Waals surface area (Å²) in [6.07, 6.45) is -3.34. The number of thiophene rings is 1. The molecule has 140 valence electrons. The number of hydrogen-bond donors (Lipinski definition) is 1. The van der Waals surface area contributed by atoms with Gasteiger partial charge in [-0.05, 0) is 17.5 Å². The van der Waals surface area contributed by atoms with E-state index in [0.717, 1.165) is 12.3 Å². The first-order valence-corrected chi connectivity index (χ1v) is 9.01. The Hall–Kier alpha value is -2.20. The van der Waals surface area contributed by atoms with Crippen LogP contribution in [0.25, 0.3) is 0 Å². The Kier molecular flexibility index (Phi) is 5.72. The summed E-state index contributed by atoms with van der Waals surface area (Å²) in [6, 6.07) is 4.47. The molecule has 1 saturated heterocycles. The molecular weight excluding hydrogens is 367 g/mol. The highest BCUT2D eigenvalue weighted by Gasteiger charge is 2.33. The zero-order chi connectivity index (χ0) is 18.6. The Morgan fingerprint density at radius 2 is 2.00 bits per heavy atom. The number of carbonyl (C=O) groups is 1. The van der Waals surface area contributed by atoms with Crippen molar-refractivity contribution in [2.75, 3.05) is 44.2 Å². The predicted molar refractivity (Wildman–Crippen MR) is 92.3 cm³/mol. The number of alkyl halides is 3. The van der Waals surface area contributed by atoms with Crippen LogP contribution in [0, 0.1) is 0 Å². The van der Waals surface area contributed by atoms with E-state index >= 15 is 0 Å². The normalized spacial score (nSPS) is 15.9. The van der Waals surface area contributed by atoms with Gasteiger partial charge in [0.2, 0.25) is 5.95 Å². The summed E-state index contributed by atoms with van der Waals surface area (Å²) in [4.78, 5) is 24.0. The van der Waals surface area contributed by atoms with Gasteiger partial charge in [0.1, 0.15) is 5.69 Å². The van der Waals surface area contributed by atoms with Crippen molar-refractivity contribution in [1.29, 1.82) is 0 Å². The molecule has 0 bridgehead atoms. The zero-order valence-electron chi connectivity index (χ0n) is 13.9. The number of halogens is 3. The number of carbonyl (C=O) groups excluding carboxylic acids is 1. The van der Waals surface area contributed by atoms with Crippen LogP contribution in [0.1, 0.15) is 15.4 Å². The van der Waals surface area contributed by atoms with Gasteiger partial charge in [0.15, 0.2) is 0 Å². The SMILES string of the molecule is O=C(NCCN1CCN(c2nccc(C(F)(F)F)n2)CC1)c1cccs1. The van der Waals surface area contributed by atoms with Gasteiger partial charge < -0.3 is 10.2 Å². The molecule has 10 heteroatoms. The van der Waals surface area contributed by atoms with Crippen molar-refractivity contribution in [2.24, 2.45) is 0 Å². The van der Waals surface area contributed by atoms with Crippen LogP contribution in [-0.2, 0) is 6.18 Å². The molecule has 2 aromatic rings. The van der Waals surface area contributed by atoms with Crippen LogP contribution < -0.4 is 10.2 Å². The van der Waals surface area contributed by atoms with Gasteiger partial charge in [-0.3, -0.25) is 9.69 Å². The van der Waals surface area contributed by atoms with Gasteiger partial charge in [0.05, 0.1) is 4.88 Å². The van der Waals surface area contributed by atoms with E-state index in [0.29, 0.717) is 44.1 Å². The van der Waals surface area contributed by atoms with E-state index in [1.165, 1.54) is 11.3 Å². The number of piperazine rings is 1. The van der Waals surface area contributed by atoms with Crippen molar-refractivity contribution in [3.63, 3.8) is 0 Å². The molecule has 6 nitrogen and oxygen atoms in total. The van der Waals surface area contributed by atoms with Gasteiger partial charge in [0, 0.05) is 45.5 Å². The van der Waals surface area contributed by atoms with Gasteiger partial charge >= 0.3 is 6.18 Å². The maximum absolute atomic E-state index is 12.8. The Bertz CT molecular complexity index is 730. The standard InChI is InChI=1S/C16H18F3N5OS/c17-16(18,19)13-3-4-21-15(22-13)24-9-7-23(8-10-24)6-5-20-14(25)12-2-1-11-26-12/h1-4,11H,5-10H2,(H,20,25). The maximum Gasteiger partial charge on any atom is 0.433 e. The number of anilines is 1. The number of nitrogens with zero attached hydrogens (tertiary/aromatic N) is 4. The van der Waals surface area contributed by atoms with E-state index in [1.54, 1.807) is 11.0 Å². The second-order valence-electron chi connectivity index (χ2n) is 5.80. The molecule has 0 radical (unpaired) electrons. The third-order valence-electron chi connectivity index (χ3n) is 4.05. The van der Waals surface area contributed by atoms with Crippen molar-refractivity contribution < 1.29 is 18.0 Å². The summed E-state index contributed by atoms with van der Waals surface area (Å²) in [5.41, 5.74) is -0.929. The van der Waals surface area contributed by atoms with E-state index < -0.39 is 11.9 Å². The van der Waals surface area contributed by atoms with Crippen LogP contribution in [0.15, 0.2) is 29.8 Å². The minimum Gasteiger partial charge on any atom is -0.350 e. The minimum absolute atomic E-state index is 0.0870. The number of aromatic nitrogens is 2. The molecule has 0 saturated carbocycles. The molecule has 3 heterocycles. The molecule has 0 unspecified atom stereocenters. The van der Waals surface area contributed by atoms with E-state index in [1.807, 2.05) is 11.4 Å². The smallest absolute Gasteiger partial charge is 0.350 e. The molecule has 26 heavy (non-hydrogen) atoms. The number of hydrogen-bond acceptors (Lipinski definition) is 6. The Morgan fingerprint density at radius 1 is 1.23 bits per heavy atom. The van der Waals surface area contributed by atoms with Crippen LogP contribution in [0.5, 0.6) is 0 Å². The van der Waals surface area contributed by atoms with Crippen LogP contribution in [0.2, 0.25) is 0 Å². The molecule has 2 aromatic heterocycles. The molecule has 0 atom stereocenters. The fourth-order valence-corrected chi connectivity index (χ4v) is 3.29. The first kappa shape index (κ1) is 18.6. The first-order chi connectivity index (χ1) is 12.4. The molecule has 3 rings (SSSR count). The summed E-state index contributed by atoms with van der Waals surface area (Å²) in [7, 11) is 0. The van der Waals surface area contributed by atoms with Crippen LogP contribution in [0.3, 0.4) is 0 Å². The second kappa shape index (κ2) is 8.00. The molecule has 0 aromatic carbocycles. The fraction of sp³-hybridized carbons (Fsp3) is 0.438. The molecule has 1 N–H and O–H groups in total. The molecule has 1 fully saturated rings. The predicted octanol–water partition coefficient (Wildman–Crippen LogP) is 2.11. The van der Waals surface area contributed by atoms with Crippen molar-refractivity contribution in [3.05, 3.63) is 40.3 Å². The average Bonchev–Trinajstić information content (AvgIpc) is 3.16. The monoisotopic (exact) mass is 385 g/mol. The second-order valence-corrected chi connectivity index (χ2v) is 6.75. The van der Waals surface area contributed by atoms with Crippen LogP contribution >= 0.6 is 11.3 Å². The number of nitrogens with one attached hydrogen (secondary N) is 1. The summed E-state index contributed by atoms with van der Waals surface area (Å²) in [5.74, 6) is 0.0153. The molecular formula is C16H18F3N5OS. The van der Waals surface area contributed by atoms with Crippen LogP contribution in [-0.4, -0.2) is 60.0 Å². The first-order valence-electron chi connectivity index (χ1n) is 8.13. The quantitative estimate of drug-likeness (QED) is 0.854. The maximum atomic E-state index is 12.8. The lowest BCUT2D eigenvalue weighted by Gasteiger charge is -2.34. The Morgan fingerprint density at radius 3 is 2.65 bits per heavy atom. The highest BCUT2D eigenvalue weighted by molar-refractivity contribution is 7.12. The third-order valence-corrected chi connectivity index (χ3v) is 4.92. The van der Waals surface area contributed by atoms with Crippen molar-refractivity contribution >= 4 is 23.2 Å². The van der Waals surface area contributed by atoms with Gasteiger partial charge in [-0.2, -0.15) is 13.2 Å². The lowest BCUT2D eigenvalue weighted by Crippen LogP contribution is -2.49. The lowest BCUT2D eigenvalue weighted by molar-refractivity contribution is -0.141. The Balaban J connectivity index is 1.45. The number of amides is 1. The topological polar surface area (TPSA) is 61.4 Å². The van der Waals surface area contributed by atoms with Crippen LogP contribution in [0.4, 0.5) is 19.1 Å². The molecule has 0 aliphatic carbocycles. The van der Waals surface area contributed by atoms with Gasteiger partial charge in [-0.1, -0.05) is 6.07 Å². The van der Waals surface area contributed by atoms with E-state index in [-0.39, 0.29) is 11.9 Å². The molecule has 0 spiro atoms. The van der Waals surface area contributed by atoms with E-state index in [4.69, 9.17) is 0 Å².